The van der Waals surface area contributed by atoms with Gasteiger partial charge in [0.05, 0.1) is 40.6 Å². The average Bonchev–Trinajstić information content (AvgIpc) is 3.60. The van der Waals surface area contributed by atoms with Gasteiger partial charge in [-0.3, -0.25) is 9.36 Å². The zero-order chi connectivity index (χ0) is 31.4. The van der Waals surface area contributed by atoms with E-state index >= 15 is 0 Å². The van der Waals surface area contributed by atoms with E-state index in [0.29, 0.717) is 44.3 Å². The summed E-state index contributed by atoms with van der Waals surface area (Å²) in [6, 6.07) is 17.7. The maximum absolute atomic E-state index is 13.9. The molecule has 228 valence electrons. The highest BCUT2D eigenvalue weighted by molar-refractivity contribution is 7.07. The highest BCUT2D eigenvalue weighted by Gasteiger charge is 2.33. The van der Waals surface area contributed by atoms with Crippen LogP contribution in [0.5, 0.6) is 0 Å². The van der Waals surface area contributed by atoms with E-state index in [9.17, 15) is 14.4 Å². The molecule has 1 atom stereocenters. The standard InChI is InChI=1S/C34H35N3O6S/c1-6-8-19-42-32(39)24-11-9-22(10-12-24)27-18-17-26(43-27)20-28-31(38)37-30(23-13-15-25(16-14-23)36(4)5)29(33(40)41-7-2)21(3)35-34(37)44-28/h9-18,20,30H,6-8,19H2,1-5H3/b28-20-/t30-/m0/s1. The lowest BCUT2D eigenvalue weighted by Crippen LogP contribution is -2.39. The van der Waals surface area contributed by atoms with Gasteiger partial charge in [-0.1, -0.05) is 48.9 Å². The minimum atomic E-state index is -0.692. The zero-order valence-corrected chi connectivity index (χ0v) is 26.3. The first kappa shape index (κ1) is 30.7. The van der Waals surface area contributed by atoms with E-state index in [2.05, 4.69) is 4.99 Å². The molecule has 2 aromatic carbocycles. The fraction of sp³-hybridized carbons (Fsp3) is 0.294. The molecular formula is C34H35N3O6S. The smallest absolute Gasteiger partial charge is 0.338 e. The predicted octanol–water partition coefficient (Wildman–Crippen LogP) is 5.08. The van der Waals surface area contributed by atoms with Gasteiger partial charge in [0.1, 0.15) is 11.5 Å². The number of benzene rings is 2. The first-order valence-electron chi connectivity index (χ1n) is 14.6. The van der Waals surface area contributed by atoms with Crippen LogP contribution in [0.3, 0.4) is 0 Å². The molecule has 10 heteroatoms. The Bertz CT molecular complexity index is 1880. The summed E-state index contributed by atoms with van der Waals surface area (Å²) in [6.45, 7) is 6.16. The summed E-state index contributed by atoms with van der Waals surface area (Å²) >= 11 is 1.23. The summed E-state index contributed by atoms with van der Waals surface area (Å²) in [6.07, 6.45) is 3.46. The van der Waals surface area contributed by atoms with Gasteiger partial charge in [-0.15, -0.1) is 0 Å². The second-order valence-corrected chi connectivity index (χ2v) is 11.6. The van der Waals surface area contributed by atoms with Crippen molar-refractivity contribution in [3.05, 3.63) is 109 Å². The highest BCUT2D eigenvalue weighted by atomic mass is 32.1. The average molecular weight is 614 g/mol. The largest absolute Gasteiger partial charge is 0.463 e. The molecule has 0 radical (unpaired) electrons. The van der Waals surface area contributed by atoms with Gasteiger partial charge in [0.2, 0.25) is 0 Å². The molecule has 9 nitrogen and oxygen atoms in total. The summed E-state index contributed by atoms with van der Waals surface area (Å²) in [5.74, 6) is 0.227. The molecule has 1 aliphatic heterocycles. The number of allylic oxidation sites excluding steroid dienone is 1. The van der Waals surface area contributed by atoms with Gasteiger partial charge in [-0.2, -0.15) is 0 Å². The van der Waals surface area contributed by atoms with Crippen LogP contribution in [0.25, 0.3) is 17.4 Å². The topological polar surface area (TPSA) is 103 Å². The second-order valence-electron chi connectivity index (χ2n) is 10.6. The van der Waals surface area contributed by atoms with Crippen molar-refractivity contribution < 1.29 is 23.5 Å². The second kappa shape index (κ2) is 13.3. The molecule has 4 aromatic rings. The Morgan fingerprint density at radius 2 is 1.73 bits per heavy atom. The lowest BCUT2D eigenvalue weighted by Gasteiger charge is -2.25. The number of carbonyl (C=O) groups excluding carboxylic acids is 2. The number of fused-ring (bicyclic) bond motifs is 1. The molecule has 2 aromatic heterocycles. The molecule has 5 rings (SSSR count). The molecule has 0 N–H and O–H groups in total. The molecule has 0 bridgehead atoms. The van der Waals surface area contributed by atoms with Crippen molar-refractivity contribution in [2.75, 3.05) is 32.2 Å². The van der Waals surface area contributed by atoms with E-state index < -0.39 is 12.0 Å². The summed E-state index contributed by atoms with van der Waals surface area (Å²) in [5, 5.41) is 0. The van der Waals surface area contributed by atoms with Crippen molar-refractivity contribution in [2.24, 2.45) is 4.99 Å². The number of ether oxygens (including phenoxy) is 2. The Balaban J connectivity index is 1.49. The fourth-order valence-corrected chi connectivity index (χ4v) is 5.97. The molecule has 0 fully saturated rings. The number of carbonyl (C=O) groups is 2. The van der Waals surface area contributed by atoms with Crippen molar-refractivity contribution in [3.63, 3.8) is 0 Å². The van der Waals surface area contributed by atoms with Crippen LogP contribution < -0.4 is 19.8 Å². The molecule has 0 spiro atoms. The summed E-state index contributed by atoms with van der Waals surface area (Å²) in [4.78, 5) is 46.4. The molecule has 44 heavy (non-hydrogen) atoms. The number of esters is 2. The number of hydrogen-bond acceptors (Lipinski definition) is 9. The molecule has 0 saturated carbocycles. The third-order valence-electron chi connectivity index (χ3n) is 7.28. The molecule has 0 unspecified atom stereocenters. The van der Waals surface area contributed by atoms with Crippen LogP contribution >= 0.6 is 11.3 Å². The minimum Gasteiger partial charge on any atom is -0.463 e. The van der Waals surface area contributed by atoms with Crippen molar-refractivity contribution >= 4 is 35.0 Å². The Morgan fingerprint density at radius 1 is 1.00 bits per heavy atom. The molecule has 3 heterocycles. The van der Waals surface area contributed by atoms with E-state index in [1.165, 1.54) is 11.3 Å². The Hall–Kier alpha value is -4.70. The maximum Gasteiger partial charge on any atom is 0.338 e. The highest BCUT2D eigenvalue weighted by Crippen LogP contribution is 2.31. The van der Waals surface area contributed by atoms with Gasteiger partial charge in [0.15, 0.2) is 4.80 Å². The van der Waals surface area contributed by atoms with Gasteiger partial charge in [0, 0.05) is 31.4 Å². The van der Waals surface area contributed by atoms with Gasteiger partial charge in [-0.05, 0) is 62.2 Å². The van der Waals surface area contributed by atoms with Crippen LogP contribution in [0.15, 0.2) is 86.1 Å². The molecule has 1 aliphatic rings. The first-order valence-corrected chi connectivity index (χ1v) is 15.4. The number of rotatable bonds is 10. The van der Waals surface area contributed by atoms with E-state index in [-0.39, 0.29) is 18.1 Å². The quantitative estimate of drug-likeness (QED) is 0.182. The number of thiazole rings is 1. The summed E-state index contributed by atoms with van der Waals surface area (Å²) in [5.41, 5.74) is 3.59. The number of aromatic nitrogens is 1. The van der Waals surface area contributed by atoms with Crippen molar-refractivity contribution in [1.29, 1.82) is 0 Å². The lowest BCUT2D eigenvalue weighted by atomic mass is 9.95. The van der Waals surface area contributed by atoms with E-state index in [4.69, 9.17) is 13.9 Å². The first-order chi connectivity index (χ1) is 21.2. The van der Waals surface area contributed by atoms with Crippen molar-refractivity contribution in [2.45, 2.75) is 39.7 Å². The summed E-state index contributed by atoms with van der Waals surface area (Å²) in [7, 11) is 3.90. The van der Waals surface area contributed by atoms with Crippen LogP contribution in [-0.2, 0) is 14.3 Å². The Kier molecular flexibility index (Phi) is 9.29. The van der Waals surface area contributed by atoms with Gasteiger partial charge in [-0.25, -0.2) is 14.6 Å². The number of furan rings is 1. The SMILES string of the molecule is CCCCOC(=O)c1ccc(-c2ccc(/C=c3\sc4n(c3=O)[C@@H](c3ccc(N(C)C)cc3)C(C(=O)OCC)=C(C)N=4)o2)cc1. The fourth-order valence-electron chi connectivity index (χ4n) is 4.94. The van der Waals surface area contributed by atoms with E-state index in [1.54, 1.807) is 54.8 Å². The normalized spacial score (nSPS) is 14.7. The predicted molar refractivity (Wildman–Crippen MR) is 171 cm³/mol. The molecular weight excluding hydrogens is 578 g/mol. The number of hydrogen-bond donors (Lipinski definition) is 0. The third-order valence-corrected chi connectivity index (χ3v) is 8.26. The monoisotopic (exact) mass is 613 g/mol. The Morgan fingerprint density at radius 3 is 2.39 bits per heavy atom. The molecule has 0 aliphatic carbocycles. The lowest BCUT2D eigenvalue weighted by molar-refractivity contribution is -0.139. The van der Waals surface area contributed by atoms with Gasteiger partial charge < -0.3 is 18.8 Å². The number of nitrogens with zero attached hydrogens (tertiary/aromatic N) is 3. The third kappa shape index (κ3) is 6.30. The van der Waals surface area contributed by atoms with Crippen LogP contribution in [0.2, 0.25) is 0 Å². The minimum absolute atomic E-state index is 0.207. The van der Waals surface area contributed by atoms with Crippen LogP contribution in [0.4, 0.5) is 5.69 Å². The number of unbranched alkanes of at least 4 members (excludes halogenated alkanes) is 1. The maximum atomic E-state index is 13.9. The van der Waals surface area contributed by atoms with Crippen LogP contribution in [-0.4, -0.2) is 43.8 Å². The van der Waals surface area contributed by atoms with E-state index in [1.807, 2.05) is 56.3 Å². The van der Waals surface area contributed by atoms with Crippen LogP contribution in [0, 0.1) is 0 Å². The van der Waals surface area contributed by atoms with Gasteiger partial charge >= 0.3 is 11.9 Å². The molecule has 0 amide bonds. The zero-order valence-electron chi connectivity index (χ0n) is 25.5. The van der Waals surface area contributed by atoms with Crippen LogP contribution in [0.1, 0.15) is 61.3 Å². The van der Waals surface area contributed by atoms with E-state index in [0.717, 1.165) is 29.7 Å². The van der Waals surface area contributed by atoms with Crippen molar-refractivity contribution in [3.8, 4) is 11.3 Å². The summed E-state index contributed by atoms with van der Waals surface area (Å²) < 4.78 is 18.7. The Labute approximate surface area is 259 Å². The molecule has 0 saturated heterocycles. The van der Waals surface area contributed by atoms with Crippen molar-refractivity contribution in [1.82, 2.24) is 4.57 Å². The number of anilines is 1. The van der Waals surface area contributed by atoms with Gasteiger partial charge in [0.25, 0.3) is 5.56 Å².